The van der Waals surface area contributed by atoms with Gasteiger partial charge in [-0.15, -0.1) is 0 Å². The summed E-state index contributed by atoms with van der Waals surface area (Å²) in [6.07, 6.45) is -1.24. The first-order chi connectivity index (χ1) is 12.4. The first kappa shape index (κ1) is 19.3. The fraction of sp³-hybridized carbons (Fsp3) is 0.222. The SMILES string of the molecule is CC(OC(=O)c1ccccc1NCCO)C(=O)Nc1cc(F)ccc1F. The fourth-order valence-electron chi connectivity index (χ4n) is 2.11. The summed E-state index contributed by atoms with van der Waals surface area (Å²) in [5.41, 5.74) is 0.274. The van der Waals surface area contributed by atoms with Gasteiger partial charge in [-0.3, -0.25) is 4.79 Å². The van der Waals surface area contributed by atoms with Crippen LogP contribution in [0.15, 0.2) is 42.5 Å². The molecular weight excluding hydrogens is 346 g/mol. The zero-order chi connectivity index (χ0) is 19.1. The van der Waals surface area contributed by atoms with Gasteiger partial charge in [0.05, 0.1) is 17.9 Å². The molecular formula is C18H18F2N2O4. The average Bonchev–Trinajstić information content (AvgIpc) is 2.63. The Morgan fingerprint density at radius 1 is 1.15 bits per heavy atom. The lowest BCUT2D eigenvalue weighted by Gasteiger charge is -2.16. The number of hydrogen-bond donors (Lipinski definition) is 3. The van der Waals surface area contributed by atoms with Crippen LogP contribution in [0.4, 0.5) is 20.2 Å². The summed E-state index contributed by atoms with van der Waals surface area (Å²) in [5.74, 6) is -3.09. The van der Waals surface area contributed by atoms with Crippen LogP contribution in [0.5, 0.6) is 0 Å². The Bertz CT molecular complexity index is 799. The van der Waals surface area contributed by atoms with Crippen LogP contribution in [-0.2, 0) is 9.53 Å². The summed E-state index contributed by atoms with van der Waals surface area (Å²) in [4.78, 5) is 24.4. The van der Waals surface area contributed by atoms with Crippen LogP contribution < -0.4 is 10.6 Å². The molecule has 138 valence electrons. The molecule has 2 aromatic carbocycles. The van der Waals surface area contributed by atoms with Crippen LogP contribution in [0.3, 0.4) is 0 Å². The van der Waals surface area contributed by atoms with Gasteiger partial charge in [-0.2, -0.15) is 0 Å². The summed E-state index contributed by atoms with van der Waals surface area (Å²) in [5, 5.41) is 13.9. The molecule has 8 heteroatoms. The van der Waals surface area contributed by atoms with Crippen LogP contribution >= 0.6 is 0 Å². The van der Waals surface area contributed by atoms with E-state index in [1.807, 2.05) is 0 Å². The number of halogens is 2. The Morgan fingerprint density at radius 2 is 1.88 bits per heavy atom. The van der Waals surface area contributed by atoms with Gasteiger partial charge in [0.25, 0.3) is 5.91 Å². The van der Waals surface area contributed by atoms with Gasteiger partial charge < -0.3 is 20.5 Å². The van der Waals surface area contributed by atoms with Crippen LogP contribution in [0.1, 0.15) is 17.3 Å². The largest absolute Gasteiger partial charge is 0.449 e. The average molecular weight is 364 g/mol. The highest BCUT2D eigenvalue weighted by Crippen LogP contribution is 2.18. The van der Waals surface area contributed by atoms with E-state index >= 15 is 0 Å². The van der Waals surface area contributed by atoms with E-state index in [0.29, 0.717) is 5.69 Å². The first-order valence-electron chi connectivity index (χ1n) is 7.83. The van der Waals surface area contributed by atoms with Crippen molar-refractivity contribution in [2.45, 2.75) is 13.0 Å². The maximum atomic E-state index is 13.6. The van der Waals surface area contributed by atoms with E-state index in [2.05, 4.69) is 10.6 Å². The van der Waals surface area contributed by atoms with Crippen molar-refractivity contribution in [2.24, 2.45) is 0 Å². The Labute approximate surface area is 148 Å². The van der Waals surface area contributed by atoms with Crippen molar-refractivity contribution in [3.8, 4) is 0 Å². The number of para-hydroxylation sites is 1. The maximum Gasteiger partial charge on any atom is 0.341 e. The van der Waals surface area contributed by atoms with Gasteiger partial charge in [0, 0.05) is 18.3 Å². The predicted molar refractivity (Wildman–Crippen MR) is 91.9 cm³/mol. The molecule has 0 spiro atoms. The number of aliphatic hydroxyl groups excluding tert-OH is 1. The number of hydrogen-bond acceptors (Lipinski definition) is 5. The second-order valence-corrected chi connectivity index (χ2v) is 5.36. The van der Waals surface area contributed by atoms with Crippen molar-refractivity contribution in [1.82, 2.24) is 0 Å². The van der Waals surface area contributed by atoms with Gasteiger partial charge in [0.15, 0.2) is 6.10 Å². The third-order valence-electron chi connectivity index (χ3n) is 3.41. The lowest BCUT2D eigenvalue weighted by Crippen LogP contribution is -2.30. The van der Waals surface area contributed by atoms with Crippen molar-refractivity contribution in [2.75, 3.05) is 23.8 Å². The van der Waals surface area contributed by atoms with Gasteiger partial charge in [0.2, 0.25) is 0 Å². The number of anilines is 2. The molecule has 0 aliphatic heterocycles. The molecule has 1 unspecified atom stereocenters. The molecule has 1 amide bonds. The third-order valence-corrected chi connectivity index (χ3v) is 3.41. The summed E-state index contributed by atoms with van der Waals surface area (Å²) in [7, 11) is 0. The Hall–Kier alpha value is -3.00. The molecule has 1 atom stereocenters. The van der Waals surface area contributed by atoms with E-state index in [-0.39, 0.29) is 24.4 Å². The van der Waals surface area contributed by atoms with E-state index < -0.39 is 29.6 Å². The van der Waals surface area contributed by atoms with Crippen molar-refractivity contribution < 1.29 is 28.2 Å². The van der Waals surface area contributed by atoms with E-state index in [0.717, 1.165) is 18.2 Å². The van der Waals surface area contributed by atoms with Crippen LogP contribution in [-0.4, -0.2) is 36.2 Å². The predicted octanol–water partition coefficient (Wildman–Crippen LogP) is 2.55. The lowest BCUT2D eigenvalue weighted by atomic mass is 10.1. The van der Waals surface area contributed by atoms with Crippen molar-refractivity contribution in [3.63, 3.8) is 0 Å². The summed E-state index contributed by atoms with van der Waals surface area (Å²) >= 11 is 0. The zero-order valence-corrected chi connectivity index (χ0v) is 14.0. The third kappa shape index (κ3) is 5.00. The number of nitrogens with one attached hydrogen (secondary N) is 2. The molecule has 0 aliphatic carbocycles. The van der Waals surface area contributed by atoms with Gasteiger partial charge >= 0.3 is 5.97 Å². The molecule has 0 saturated heterocycles. The summed E-state index contributed by atoms with van der Waals surface area (Å²) < 4.78 is 31.8. The van der Waals surface area contributed by atoms with Gasteiger partial charge in [-0.1, -0.05) is 12.1 Å². The molecule has 0 saturated carbocycles. The Kier molecular flexibility index (Phi) is 6.62. The van der Waals surface area contributed by atoms with Gasteiger partial charge in [-0.05, 0) is 31.2 Å². The number of rotatable bonds is 7. The molecule has 0 heterocycles. The molecule has 0 aliphatic rings. The molecule has 26 heavy (non-hydrogen) atoms. The van der Waals surface area contributed by atoms with E-state index in [1.54, 1.807) is 18.2 Å². The number of amides is 1. The highest BCUT2D eigenvalue weighted by molar-refractivity contribution is 5.99. The highest BCUT2D eigenvalue weighted by atomic mass is 19.1. The number of benzene rings is 2. The van der Waals surface area contributed by atoms with E-state index in [4.69, 9.17) is 9.84 Å². The number of ether oxygens (including phenoxy) is 1. The second kappa shape index (κ2) is 8.91. The number of esters is 1. The highest BCUT2D eigenvalue weighted by Gasteiger charge is 2.21. The maximum absolute atomic E-state index is 13.6. The minimum atomic E-state index is -1.24. The van der Waals surface area contributed by atoms with Gasteiger partial charge in [0.1, 0.15) is 11.6 Å². The van der Waals surface area contributed by atoms with Crippen molar-refractivity contribution >= 4 is 23.3 Å². The van der Waals surface area contributed by atoms with Crippen molar-refractivity contribution in [1.29, 1.82) is 0 Å². The molecule has 0 fully saturated rings. The normalized spacial score (nSPS) is 11.5. The molecule has 0 bridgehead atoms. The Morgan fingerprint density at radius 3 is 2.62 bits per heavy atom. The van der Waals surface area contributed by atoms with E-state index in [9.17, 15) is 18.4 Å². The number of aliphatic hydroxyl groups is 1. The quantitative estimate of drug-likeness (QED) is 0.657. The molecule has 2 rings (SSSR count). The van der Waals surface area contributed by atoms with Crippen LogP contribution in [0, 0.1) is 11.6 Å². The van der Waals surface area contributed by atoms with Crippen molar-refractivity contribution in [3.05, 3.63) is 59.7 Å². The molecule has 0 aromatic heterocycles. The molecule has 0 radical (unpaired) electrons. The lowest BCUT2D eigenvalue weighted by molar-refractivity contribution is -0.123. The standard InChI is InChI=1S/C18H18F2N2O4/c1-11(17(24)22-16-10-12(19)6-7-14(16)20)26-18(25)13-4-2-3-5-15(13)21-8-9-23/h2-7,10-11,21,23H,8-9H2,1H3,(H,22,24). The zero-order valence-electron chi connectivity index (χ0n) is 14.0. The summed E-state index contributed by atoms with van der Waals surface area (Å²) in [6.45, 7) is 1.43. The first-order valence-corrected chi connectivity index (χ1v) is 7.83. The number of carbonyl (C=O) groups excluding carboxylic acids is 2. The molecule has 3 N–H and O–H groups in total. The van der Waals surface area contributed by atoms with Crippen LogP contribution in [0.2, 0.25) is 0 Å². The fourth-order valence-corrected chi connectivity index (χ4v) is 2.11. The van der Waals surface area contributed by atoms with E-state index in [1.165, 1.54) is 13.0 Å². The topological polar surface area (TPSA) is 87.7 Å². The second-order valence-electron chi connectivity index (χ2n) is 5.36. The smallest absolute Gasteiger partial charge is 0.341 e. The Balaban J connectivity index is 2.04. The number of carbonyl (C=O) groups is 2. The minimum absolute atomic E-state index is 0.124. The van der Waals surface area contributed by atoms with Crippen LogP contribution in [0.25, 0.3) is 0 Å². The van der Waals surface area contributed by atoms with Gasteiger partial charge in [-0.25, -0.2) is 13.6 Å². The minimum Gasteiger partial charge on any atom is -0.449 e. The summed E-state index contributed by atoms with van der Waals surface area (Å²) in [6, 6.07) is 9.07. The molecule has 2 aromatic rings. The monoisotopic (exact) mass is 364 g/mol. The molecule has 6 nitrogen and oxygen atoms in total.